The Hall–Kier alpha value is -2.04. The van der Waals surface area contributed by atoms with Gasteiger partial charge >= 0.3 is 6.03 Å². The van der Waals surface area contributed by atoms with Gasteiger partial charge in [-0.15, -0.1) is 0 Å². The van der Waals surface area contributed by atoms with Crippen molar-refractivity contribution in [2.75, 3.05) is 18.6 Å². The van der Waals surface area contributed by atoms with Gasteiger partial charge in [0.15, 0.2) is 0 Å². The van der Waals surface area contributed by atoms with Crippen molar-refractivity contribution in [2.24, 2.45) is 0 Å². The molecule has 1 aliphatic heterocycles. The lowest BCUT2D eigenvalue weighted by molar-refractivity contribution is -0.116. The number of urea groups is 1. The molecule has 3 amide bonds. The Labute approximate surface area is 112 Å². The Morgan fingerprint density at radius 1 is 1.32 bits per heavy atom. The summed E-state index contributed by atoms with van der Waals surface area (Å²) in [7, 11) is 1.52. The van der Waals surface area contributed by atoms with Crippen LogP contribution in [0.4, 0.5) is 10.5 Å². The molecule has 0 saturated carbocycles. The second kappa shape index (κ2) is 5.30. The van der Waals surface area contributed by atoms with Crippen molar-refractivity contribution in [1.29, 1.82) is 0 Å². The fraction of sp³-hybridized carbons (Fsp3) is 0.429. The summed E-state index contributed by atoms with van der Waals surface area (Å²) in [5.74, 6) is 0.310. The summed E-state index contributed by atoms with van der Waals surface area (Å²) in [5.41, 5.74) is 0.505. The number of rotatable bonds is 4. The highest BCUT2D eigenvalue weighted by Crippen LogP contribution is 2.31. The highest BCUT2D eigenvalue weighted by Gasteiger charge is 2.40. The van der Waals surface area contributed by atoms with Crippen LogP contribution in [0.15, 0.2) is 24.3 Å². The number of amides is 3. The lowest BCUT2D eigenvalue weighted by atomic mass is 10.2. The average Bonchev–Trinajstić information content (AvgIpc) is 2.73. The number of anilines is 1. The van der Waals surface area contributed by atoms with Gasteiger partial charge in [-0.1, -0.05) is 19.1 Å². The van der Waals surface area contributed by atoms with Crippen molar-refractivity contribution in [1.82, 2.24) is 4.90 Å². The molecule has 0 spiro atoms. The third kappa shape index (κ3) is 2.28. The van der Waals surface area contributed by atoms with Gasteiger partial charge in [0.2, 0.25) is 0 Å². The monoisotopic (exact) mass is 262 g/mol. The van der Waals surface area contributed by atoms with E-state index in [-0.39, 0.29) is 24.5 Å². The van der Waals surface area contributed by atoms with Crippen LogP contribution < -0.4 is 9.64 Å². The molecule has 5 heteroatoms. The molecule has 0 N–H and O–H groups in total. The second-order valence-corrected chi connectivity index (χ2v) is 4.57. The van der Waals surface area contributed by atoms with Gasteiger partial charge in [-0.05, 0) is 25.5 Å². The first kappa shape index (κ1) is 13.4. The molecule has 0 aromatic heterocycles. The van der Waals surface area contributed by atoms with Crippen LogP contribution in [0.5, 0.6) is 5.75 Å². The molecular formula is C14H18N2O3. The molecule has 1 aromatic carbocycles. The van der Waals surface area contributed by atoms with Crippen LogP contribution in [-0.4, -0.2) is 36.5 Å². The highest BCUT2D eigenvalue weighted by molar-refractivity contribution is 6.20. The van der Waals surface area contributed by atoms with Crippen LogP contribution in [0.25, 0.3) is 0 Å². The van der Waals surface area contributed by atoms with Crippen LogP contribution in [0.1, 0.15) is 20.3 Å². The molecule has 1 fully saturated rings. The Morgan fingerprint density at radius 3 is 2.63 bits per heavy atom. The fourth-order valence-electron chi connectivity index (χ4n) is 2.14. The van der Waals surface area contributed by atoms with Crippen LogP contribution in [0.3, 0.4) is 0 Å². The van der Waals surface area contributed by atoms with Crippen molar-refractivity contribution in [3.63, 3.8) is 0 Å². The molecule has 0 bridgehead atoms. The fourth-order valence-corrected chi connectivity index (χ4v) is 2.14. The SMILES string of the molecule is CCC(C)N1CC(=O)N(c2ccccc2OC)C1=O. The molecule has 2 rings (SSSR count). The number of carbonyl (C=O) groups is 2. The summed E-state index contributed by atoms with van der Waals surface area (Å²) in [5, 5.41) is 0. The Morgan fingerprint density at radius 2 is 2.00 bits per heavy atom. The van der Waals surface area contributed by atoms with Crippen molar-refractivity contribution < 1.29 is 14.3 Å². The van der Waals surface area contributed by atoms with E-state index < -0.39 is 0 Å². The minimum Gasteiger partial charge on any atom is -0.495 e. The predicted molar refractivity (Wildman–Crippen MR) is 72.3 cm³/mol. The first-order chi connectivity index (χ1) is 9.10. The molecule has 1 aromatic rings. The van der Waals surface area contributed by atoms with E-state index in [1.807, 2.05) is 13.8 Å². The van der Waals surface area contributed by atoms with E-state index in [2.05, 4.69) is 0 Å². The van der Waals surface area contributed by atoms with Gasteiger partial charge in [0, 0.05) is 6.04 Å². The number of nitrogens with zero attached hydrogens (tertiary/aromatic N) is 2. The summed E-state index contributed by atoms with van der Waals surface area (Å²) in [6.07, 6.45) is 0.818. The van der Waals surface area contributed by atoms with E-state index in [4.69, 9.17) is 4.74 Å². The number of ether oxygens (including phenoxy) is 1. The molecule has 0 radical (unpaired) electrons. The predicted octanol–water partition coefficient (Wildman–Crippen LogP) is 2.26. The topological polar surface area (TPSA) is 49.9 Å². The smallest absolute Gasteiger partial charge is 0.332 e. The van der Waals surface area contributed by atoms with Gasteiger partial charge in [0.1, 0.15) is 12.3 Å². The normalized spacial score (nSPS) is 17.0. The van der Waals surface area contributed by atoms with Gasteiger partial charge < -0.3 is 9.64 Å². The maximum atomic E-state index is 12.4. The van der Waals surface area contributed by atoms with Crippen LogP contribution in [0, 0.1) is 0 Å². The largest absolute Gasteiger partial charge is 0.495 e. The van der Waals surface area contributed by atoms with Crippen molar-refractivity contribution in [2.45, 2.75) is 26.3 Å². The first-order valence-corrected chi connectivity index (χ1v) is 6.36. The molecule has 1 heterocycles. The Balaban J connectivity index is 2.35. The van der Waals surface area contributed by atoms with Gasteiger partial charge in [-0.3, -0.25) is 4.79 Å². The maximum absolute atomic E-state index is 12.4. The number of hydrogen-bond acceptors (Lipinski definition) is 3. The molecule has 5 nitrogen and oxygen atoms in total. The van der Waals surface area contributed by atoms with Gasteiger partial charge in [-0.2, -0.15) is 0 Å². The van der Waals surface area contributed by atoms with Crippen molar-refractivity contribution in [3.8, 4) is 5.75 Å². The Bertz CT molecular complexity index is 501. The standard InChI is InChI=1S/C14H18N2O3/c1-4-10(2)15-9-13(17)16(14(15)18)11-7-5-6-8-12(11)19-3/h5-8,10H,4,9H2,1-3H3. The molecule has 1 aliphatic rings. The maximum Gasteiger partial charge on any atom is 0.332 e. The number of para-hydroxylation sites is 2. The first-order valence-electron chi connectivity index (χ1n) is 6.36. The minimum absolute atomic E-state index is 0.0520. The summed E-state index contributed by atoms with van der Waals surface area (Å²) in [6, 6.07) is 6.82. The molecule has 1 saturated heterocycles. The van der Waals surface area contributed by atoms with Crippen LogP contribution in [-0.2, 0) is 4.79 Å². The van der Waals surface area contributed by atoms with E-state index >= 15 is 0 Å². The quantitative estimate of drug-likeness (QED) is 0.782. The Kier molecular flexibility index (Phi) is 3.74. The van der Waals surface area contributed by atoms with Gasteiger partial charge in [0.25, 0.3) is 5.91 Å². The number of carbonyl (C=O) groups excluding carboxylic acids is 2. The zero-order chi connectivity index (χ0) is 14.0. The van der Waals surface area contributed by atoms with Crippen LogP contribution in [0.2, 0.25) is 0 Å². The minimum atomic E-state index is -0.274. The van der Waals surface area contributed by atoms with Crippen molar-refractivity contribution in [3.05, 3.63) is 24.3 Å². The van der Waals surface area contributed by atoms with Crippen molar-refractivity contribution >= 4 is 17.6 Å². The van der Waals surface area contributed by atoms with E-state index in [0.717, 1.165) is 6.42 Å². The van der Waals surface area contributed by atoms with E-state index in [1.165, 1.54) is 12.0 Å². The molecular weight excluding hydrogens is 244 g/mol. The highest BCUT2D eigenvalue weighted by atomic mass is 16.5. The average molecular weight is 262 g/mol. The van der Waals surface area contributed by atoms with Crippen LogP contribution >= 0.6 is 0 Å². The number of methoxy groups -OCH3 is 1. The van der Waals surface area contributed by atoms with Gasteiger partial charge in [0.05, 0.1) is 12.8 Å². The van der Waals surface area contributed by atoms with E-state index in [9.17, 15) is 9.59 Å². The number of imide groups is 1. The lowest BCUT2D eigenvalue weighted by Crippen LogP contribution is -2.37. The number of benzene rings is 1. The van der Waals surface area contributed by atoms with E-state index in [1.54, 1.807) is 29.2 Å². The lowest BCUT2D eigenvalue weighted by Gasteiger charge is -2.23. The third-order valence-corrected chi connectivity index (χ3v) is 3.44. The summed E-state index contributed by atoms with van der Waals surface area (Å²) in [4.78, 5) is 27.2. The van der Waals surface area contributed by atoms with E-state index in [0.29, 0.717) is 11.4 Å². The molecule has 1 atom stereocenters. The zero-order valence-corrected chi connectivity index (χ0v) is 11.4. The second-order valence-electron chi connectivity index (χ2n) is 4.57. The third-order valence-electron chi connectivity index (χ3n) is 3.44. The summed E-state index contributed by atoms with van der Waals surface area (Å²) < 4.78 is 5.21. The summed E-state index contributed by atoms with van der Waals surface area (Å²) >= 11 is 0. The molecule has 102 valence electrons. The molecule has 19 heavy (non-hydrogen) atoms. The molecule has 1 unspecified atom stereocenters. The summed E-state index contributed by atoms with van der Waals surface area (Å²) in [6.45, 7) is 4.07. The van der Waals surface area contributed by atoms with Gasteiger partial charge in [-0.25, -0.2) is 9.69 Å². The molecule has 0 aliphatic carbocycles. The number of hydrogen-bond donors (Lipinski definition) is 0. The zero-order valence-electron chi connectivity index (χ0n) is 11.4.